The van der Waals surface area contributed by atoms with Gasteiger partial charge in [0.05, 0.1) is 0 Å². The minimum atomic E-state index is -0.429. The molecule has 2 aliphatic heterocycles. The summed E-state index contributed by atoms with van der Waals surface area (Å²) in [6.07, 6.45) is 1.68. The number of fused-ring (bicyclic) bond motifs is 5. The van der Waals surface area contributed by atoms with Crippen molar-refractivity contribution >= 4 is 32.8 Å². The Morgan fingerprint density at radius 2 is 2.03 bits per heavy atom. The number of aryl methyl sites for hydroxylation is 1. The first kappa shape index (κ1) is 21.0. The van der Waals surface area contributed by atoms with E-state index >= 15 is 0 Å². The van der Waals surface area contributed by atoms with Crippen molar-refractivity contribution in [3.8, 4) is 5.75 Å². The molecule has 0 unspecified atom stereocenters. The first-order chi connectivity index (χ1) is 15.4. The standard InChI is InChI=1S/C24H23BrN2O5/c1-2-17-18-7-6-16(9-20(18)32-24(30)23(17)25)31-13-22(29)26-10-14-8-15(12-26)19-4-3-5-21(28)27(19)11-14/h3-7,9,14-15H,2,8,10-13H2,1H3/t14-,15+/m0/s1. The maximum atomic E-state index is 12.9. The molecule has 1 saturated heterocycles. The number of ether oxygens (including phenoxy) is 1. The number of rotatable bonds is 4. The molecule has 0 saturated carbocycles. The normalized spacial score (nSPS) is 19.6. The average Bonchev–Trinajstić information content (AvgIpc) is 2.79. The van der Waals surface area contributed by atoms with Crippen LogP contribution in [0, 0.1) is 5.92 Å². The number of amides is 1. The van der Waals surface area contributed by atoms with Crippen molar-refractivity contribution < 1.29 is 13.9 Å². The van der Waals surface area contributed by atoms with Gasteiger partial charge in [0.1, 0.15) is 15.8 Å². The van der Waals surface area contributed by atoms with Gasteiger partial charge in [0, 0.05) is 48.8 Å². The van der Waals surface area contributed by atoms with Crippen LogP contribution in [0.4, 0.5) is 0 Å². The second-order valence-electron chi connectivity index (χ2n) is 8.48. The molecule has 0 aliphatic carbocycles. The molecule has 32 heavy (non-hydrogen) atoms. The third-order valence-corrected chi connectivity index (χ3v) is 7.28. The van der Waals surface area contributed by atoms with Gasteiger partial charge in [0.25, 0.3) is 11.5 Å². The third-order valence-electron chi connectivity index (χ3n) is 6.47. The fourth-order valence-electron chi connectivity index (χ4n) is 4.99. The summed E-state index contributed by atoms with van der Waals surface area (Å²) >= 11 is 3.30. The van der Waals surface area contributed by atoms with Crippen LogP contribution in [0.25, 0.3) is 11.0 Å². The van der Waals surface area contributed by atoms with Crippen molar-refractivity contribution in [1.82, 2.24) is 9.47 Å². The first-order valence-electron chi connectivity index (χ1n) is 10.8. The number of likely N-dealkylation sites (tertiary alicyclic amines) is 1. The van der Waals surface area contributed by atoms with E-state index in [-0.39, 0.29) is 29.9 Å². The SMILES string of the molecule is CCc1c(Br)c(=O)oc2cc(OCC(=O)N3C[C@@H]4C[C@H](C3)c3cccc(=O)n3C4)ccc12. The Kier molecular flexibility index (Phi) is 5.41. The van der Waals surface area contributed by atoms with E-state index in [0.29, 0.717) is 41.9 Å². The monoisotopic (exact) mass is 498 g/mol. The van der Waals surface area contributed by atoms with Gasteiger partial charge in [-0.3, -0.25) is 9.59 Å². The lowest BCUT2D eigenvalue weighted by molar-refractivity contribution is -0.136. The molecule has 2 aliphatic rings. The Hall–Kier alpha value is -2.87. The Bertz CT molecular complexity index is 1330. The molecule has 1 aromatic carbocycles. The minimum Gasteiger partial charge on any atom is -0.484 e. The van der Waals surface area contributed by atoms with Crippen LogP contribution < -0.4 is 15.9 Å². The van der Waals surface area contributed by atoms with E-state index < -0.39 is 5.63 Å². The Labute approximate surface area is 192 Å². The number of carbonyl (C=O) groups excluding carboxylic acids is 1. The van der Waals surface area contributed by atoms with Crippen LogP contribution in [0.15, 0.2) is 54.9 Å². The van der Waals surface area contributed by atoms with E-state index in [2.05, 4.69) is 15.9 Å². The number of piperidine rings is 1. The van der Waals surface area contributed by atoms with Crippen molar-refractivity contribution in [3.05, 3.63) is 72.9 Å². The molecule has 8 heteroatoms. The average molecular weight is 499 g/mol. The quantitative estimate of drug-likeness (QED) is 0.515. The second kappa shape index (κ2) is 8.24. The Morgan fingerprint density at radius 3 is 2.84 bits per heavy atom. The van der Waals surface area contributed by atoms with E-state index in [1.165, 1.54) is 0 Å². The molecule has 2 bridgehead atoms. The van der Waals surface area contributed by atoms with E-state index in [1.807, 2.05) is 28.5 Å². The van der Waals surface area contributed by atoms with Gasteiger partial charge >= 0.3 is 5.63 Å². The molecule has 2 atom stereocenters. The van der Waals surface area contributed by atoms with E-state index in [0.717, 1.165) is 23.1 Å². The summed E-state index contributed by atoms with van der Waals surface area (Å²) in [5.41, 5.74) is 1.94. The molecule has 4 heterocycles. The molecule has 7 nitrogen and oxygen atoms in total. The summed E-state index contributed by atoms with van der Waals surface area (Å²) in [5.74, 6) is 0.831. The topological polar surface area (TPSA) is 81.8 Å². The lowest BCUT2D eigenvalue weighted by atomic mass is 9.83. The highest BCUT2D eigenvalue weighted by Gasteiger charge is 2.36. The van der Waals surface area contributed by atoms with Crippen molar-refractivity contribution in [2.24, 2.45) is 5.92 Å². The highest BCUT2D eigenvalue weighted by Crippen LogP contribution is 2.35. The van der Waals surface area contributed by atoms with Crippen molar-refractivity contribution in [3.63, 3.8) is 0 Å². The van der Waals surface area contributed by atoms with E-state index in [9.17, 15) is 14.4 Å². The van der Waals surface area contributed by atoms with Crippen molar-refractivity contribution in [2.45, 2.75) is 32.2 Å². The lowest BCUT2D eigenvalue weighted by Crippen LogP contribution is -2.50. The van der Waals surface area contributed by atoms with Gasteiger partial charge in [0.2, 0.25) is 0 Å². The molecular weight excluding hydrogens is 476 g/mol. The van der Waals surface area contributed by atoms with E-state index in [4.69, 9.17) is 9.15 Å². The number of carbonyl (C=O) groups is 1. The molecule has 1 fully saturated rings. The molecule has 166 valence electrons. The molecule has 0 spiro atoms. The van der Waals surface area contributed by atoms with Gasteiger partial charge in [-0.1, -0.05) is 13.0 Å². The Morgan fingerprint density at radius 1 is 1.19 bits per heavy atom. The van der Waals surface area contributed by atoms with Crippen LogP contribution in [0.2, 0.25) is 0 Å². The molecular formula is C24H23BrN2O5. The smallest absolute Gasteiger partial charge is 0.350 e. The number of nitrogens with zero attached hydrogens (tertiary/aromatic N) is 2. The van der Waals surface area contributed by atoms with Crippen molar-refractivity contribution in [1.29, 1.82) is 0 Å². The van der Waals surface area contributed by atoms with Crippen LogP contribution in [-0.2, 0) is 17.8 Å². The molecule has 5 rings (SSSR count). The largest absolute Gasteiger partial charge is 0.484 e. The predicted octanol–water partition coefficient (Wildman–Crippen LogP) is 3.30. The number of aromatic nitrogens is 1. The van der Waals surface area contributed by atoms with Gasteiger partial charge in [-0.05, 0) is 58.5 Å². The second-order valence-corrected chi connectivity index (χ2v) is 9.27. The van der Waals surface area contributed by atoms with Crippen LogP contribution in [0.3, 0.4) is 0 Å². The van der Waals surface area contributed by atoms with Crippen LogP contribution in [-0.4, -0.2) is 35.1 Å². The summed E-state index contributed by atoms with van der Waals surface area (Å²) in [7, 11) is 0. The van der Waals surface area contributed by atoms with Crippen LogP contribution >= 0.6 is 15.9 Å². The van der Waals surface area contributed by atoms with Gasteiger partial charge in [0.15, 0.2) is 6.61 Å². The maximum absolute atomic E-state index is 12.9. The summed E-state index contributed by atoms with van der Waals surface area (Å²) in [5, 5.41) is 0.843. The summed E-state index contributed by atoms with van der Waals surface area (Å²) < 4.78 is 13.4. The van der Waals surface area contributed by atoms with Crippen LogP contribution in [0.5, 0.6) is 5.75 Å². The molecule has 2 aromatic heterocycles. The van der Waals surface area contributed by atoms with Crippen molar-refractivity contribution in [2.75, 3.05) is 19.7 Å². The highest BCUT2D eigenvalue weighted by molar-refractivity contribution is 9.10. The molecule has 1 amide bonds. The van der Waals surface area contributed by atoms with Gasteiger partial charge < -0.3 is 18.6 Å². The zero-order valence-corrected chi connectivity index (χ0v) is 19.3. The first-order valence-corrected chi connectivity index (χ1v) is 11.6. The predicted molar refractivity (Wildman–Crippen MR) is 123 cm³/mol. The fraction of sp³-hybridized carbons (Fsp3) is 0.375. The summed E-state index contributed by atoms with van der Waals surface area (Å²) in [4.78, 5) is 39.0. The van der Waals surface area contributed by atoms with Gasteiger partial charge in [-0.25, -0.2) is 4.79 Å². The number of hydrogen-bond acceptors (Lipinski definition) is 5. The third kappa shape index (κ3) is 3.66. The fourth-order valence-corrected chi connectivity index (χ4v) is 5.57. The number of halogens is 1. The number of benzene rings is 1. The number of pyridine rings is 1. The van der Waals surface area contributed by atoms with Gasteiger partial charge in [-0.2, -0.15) is 0 Å². The molecule has 3 aromatic rings. The minimum absolute atomic E-state index is 0.0292. The van der Waals surface area contributed by atoms with E-state index in [1.54, 1.807) is 24.3 Å². The Balaban J connectivity index is 1.30. The zero-order chi connectivity index (χ0) is 22.4. The molecule has 0 radical (unpaired) electrons. The molecule has 0 N–H and O–H groups in total. The summed E-state index contributed by atoms with van der Waals surface area (Å²) in [6, 6.07) is 10.7. The highest BCUT2D eigenvalue weighted by atomic mass is 79.9. The zero-order valence-electron chi connectivity index (χ0n) is 17.7. The number of hydrogen-bond donors (Lipinski definition) is 0. The van der Waals surface area contributed by atoms with Crippen LogP contribution in [0.1, 0.15) is 30.5 Å². The lowest BCUT2D eigenvalue weighted by Gasteiger charge is -2.42. The maximum Gasteiger partial charge on any atom is 0.350 e. The van der Waals surface area contributed by atoms with Gasteiger partial charge in [-0.15, -0.1) is 0 Å². The summed E-state index contributed by atoms with van der Waals surface area (Å²) in [6.45, 7) is 3.75.